The second kappa shape index (κ2) is 14.1. The van der Waals surface area contributed by atoms with Crippen LogP contribution in [0.1, 0.15) is 57.4 Å². The van der Waals surface area contributed by atoms with E-state index in [0.29, 0.717) is 5.92 Å². The van der Waals surface area contributed by atoms with Gasteiger partial charge in [0.05, 0.1) is 12.1 Å². The molecule has 0 radical (unpaired) electrons. The average molecular weight is 594 g/mol. The maximum absolute atomic E-state index is 13.6. The van der Waals surface area contributed by atoms with Crippen LogP contribution in [0.3, 0.4) is 0 Å². The van der Waals surface area contributed by atoms with Gasteiger partial charge in [0.2, 0.25) is 5.91 Å². The summed E-state index contributed by atoms with van der Waals surface area (Å²) in [6, 6.07) is 7.73. The number of benzene rings is 1. The predicted octanol–water partition coefficient (Wildman–Crippen LogP) is 2.59. The second-order valence-electron chi connectivity index (χ2n) is 12.2. The third kappa shape index (κ3) is 7.75. The summed E-state index contributed by atoms with van der Waals surface area (Å²) in [6.45, 7) is 6.14. The number of hydrogen-bond donors (Lipinski definition) is 5. The molecule has 1 aromatic carbocycles. The van der Waals surface area contributed by atoms with Crippen molar-refractivity contribution in [3.8, 4) is 0 Å². The van der Waals surface area contributed by atoms with Gasteiger partial charge >= 0.3 is 0 Å². The van der Waals surface area contributed by atoms with Gasteiger partial charge in [-0.3, -0.25) is 9.69 Å². The van der Waals surface area contributed by atoms with Crippen LogP contribution in [0.25, 0.3) is 0 Å². The van der Waals surface area contributed by atoms with E-state index in [1.54, 1.807) is 18.0 Å². The number of amides is 1. The molecule has 1 saturated carbocycles. The number of rotatable bonds is 11. The number of ether oxygens (including phenoxy) is 1. The molecule has 0 spiro atoms. The van der Waals surface area contributed by atoms with Crippen LogP contribution in [0, 0.1) is 11.8 Å². The standard InChI is InChI=1S/C30H47N3O5S2/c1-18(40-22-9-7-20(8-10-22)17-33-13-3-4-14-33)24(28-26(35)25(34)27(36)30(38-28)39-2)32-29(37)23-16-21(11-12-31-23)15-19-5-6-19/h7-10,18-19,21,23-28,30-31,34-36H,3-6,11-17H2,1-2H3,(H,32,37)/t18-,21-,23-,24-,25-,26+,27+,28?,30+/m0/s1. The monoisotopic (exact) mass is 593 g/mol. The lowest BCUT2D eigenvalue weighted by Gasteiger charge is -2.45. The van der Waals surface area contributed by atoms with E-state index in [2.05, 4.69) is 39.8 Å². The first-order valence-electron chi connectivity index (χ1n) is 15.1. The van der Waals surface area contributed by atoms with Crippen LogP contribution in [0.4, 0.5) is 0 Å². The van der Waals surface area contributed by atoms with Crippen molar-refractivity contribution in [3.63, 3.8) is 0 Å². The summed E-state index contributed by atoms with van der Waals surface area (Å²) >= 11 is 2.92. The molecule has 1 unspecified atom stereocenters. The second-order valence-corrected chi connectivity index (χ2v) is 14.6. The van der Waals surface area contributed by atoms with Gasteiger partial charge in [-0.1, -0.05) is 31.9 Å². The lowest BCUT2D eigenvalue weighted by molar-refractivity contribution is -0.205. The Balaban J connectivity index is 1.28. The molecular weight excluding hydrogens is 546 g/mol. The number of carbonyl (C=O) groups excluding carboxylic acids is 1. The lowest BCUT2D eigenvalue weighted by Crippen LogP contribution is -2.65. The Morgan fingerprint density at radius 2 is 1.80 bits per heavy atom. The van der Waals surface area contributed by atoms with Crippen molar-refractivity contribution >= 4 is 29.4 Å². The van der Waals surface area contributed by atoms with Crippen molar-refractivity contribution in [2.75, 3.05) is 25.9 Å². The summed E-state index contributed by atoms with van der Waals surface area (Å²) in [4.78, 5) is 17.2. The Morgan fingerprint density at radius 3 is 2.48 bits per heavy atom. The number of likely N-dealkylation sites (tertiary alicyclic amines) is 1. The SMILES string of the molecule is CS[C@H]1OC([C@@H](NC(=O)[C@@H]2C[C@H](CC3CC3)CCN2)[C@H](C)Sc2ccc(CN3CCCC3)cc2)[C@H](O)[C@H](O)[C@H]1O. The minimum atomic E-state index is -1.35. The number of hydrogen-bond acceptors (Lipinski definition) is 9. The van der Waals surface area contributed by atoms with E-state index in [1.165, 1.54) is 49.4 Å². The molecule has 3 aliphatic heterocycles. The normalized spacial score (nSPS) is 34.9. The predicted molar refractivity (Wildman–Crippen MR) is 160 cm³/mol. The van der Waals surface area contributed by atoms with Gasteiger partial charge < -0.3 is 30.7 Å². The third-order valence-corrected chi connectivity index (χ3v) is 11.1. The maximum atomic E-state index is 13.6. The Bertz CT molecular complexity index is 959. The van der Waals surface area contributed by atoms with Crippen molar-refractivity contribution < 1.29 is 24.9 Å². The highest BCUT2D eigenvalue weighted by molar-refractivity contribution is 8.00. The number of carbonyl (C=O) groups is 1. The summed E-state index contributed by atoms with van der Waals surface area (Å²) in [5.41, 5.74) is 0.597. The van der Waals surface area contributed by atoms with E-state index in [0.717, 1.165) is 49.8 Å². The van der Waals surface area contributed by atoms with Gasteiger partial charge in [-0.05, 0) is 87.5 Å². The molecule has 4 aliphatic rings. The van der Waals surface area contributed by atoms with E-state index in [4.69, 9.17) is 4.74 Å². The molecule has 9 atom stereocenters. The molecule has 1 aliphatic carbocycles. The van der Waals surface area contributed by atoms with Crippen molar-refractivity contribution in [2.24, 2.45) is 11.8 Å². The molecule has 224 valence electrons. The van der Waals surface area contributed by atoms with Crippen LogP contribution in [0.15, 0.2) is 29.2 Å². The van der Waals surface area contributed by atoms with Crippen molar-refractivity contribution in [1.29, 1.82) is 0 Å². The molecule has 0 aromatic heterocycles. The summed E-state index contributed by atoms with van der Waals surface area (Å²) in [7, 11) is 0. The maximum Gasteiger partial charge on any atom is 0.237 e. The van der Waals surface area contributed by atoms with E-state index in [1.807, 2.05) is 6.92 Å². The van der Waals surface area contributed by atoms with E-state index in [9.17, 15) is 20.1 Å². The fraction of sp³-hybridized carbons (Fsp3) is 0.767. The van der Waals surface area contributed by atoms with Gasteiger partial charge in [-0.15, -0.1) is 23.5 Å². The van der Waals surface area contributed by atoms with Gasteiger partial charge in [0.25, 0.3) is 0 Å². The first-order valence-corrected chi connectivity index (χ1v) is 17.2. The van der Waals surface area contributed by atoms with Crippen LogP contribution < -0.4 is 10.6 Å². The number of aliphatic hydroxyl groups is 3. The fourth-order valence-electron chi connectivity index (χ4n) is 6.49. The topological polar surface area (TPSA) is 114 Å². The van der Waals surface area contributed by atoms with Crippen LogP contribution in [-0.2, 0) is 16.1 Å². The average Bonchev–Trinajstić information content (AvgIpc) is 3.62. The zero-order valence-electron chi connectivity index (χ0n) is 23.8. The Morgan fingerprint density at radius 1 is 1.07 bits per heavy atom. The number of nitrogens with one attached hydrogen (secondary N) is 2. The molecule has 5 N–H and O–H groups in total. The molecule has 40 heavy (non-hydrogen) atoms. The molecule has 10 heteroatoms. The Labute approximate surface area is 247 Å². The number of aliphatic hydroxyl groups excluding tert-OH is 3. The first-order chi connectivity index (χ1) is 19.3. The molecule has 5 rings (SSSR count). The van der Waals surface area contributed by atoms with Gasteiger partial charge in [-0.2, -0.15) is 0 Å². The lowest BCUT2D eigenvalue weighted by atomic mass is 9.87. The highest BCUT2D eigenvalue weighted by Crippen LogP contribution is 2.38. The minimum absolute atomic E-state index is 0.0870. The fourth-order valence-corrected chi connectivity index (χ4v) is 8.26. The summed E-state index contributed by atoms with van der Waals surface area (Å²) in [5.74, 6) is 1.30. The van der Waals surface area contributed by atoms with Crippen molar-refractivity contribution in [3.05, 3.63) is 29.8 Å². The molecule has 1 amide bonds. The van der Waals surface area contributed by atoms with Crippen LogP contribution >= 0.6 is 23.5 Å². The quantitative estimate of drug-likeness (QED) is 0.247. The molecule has 1 aromatic rings. The van der Waals surface area contributed by atoms with Crippen molar-refractivity contribution in [1.82, 2.24) is 15.5 Å². The number of nitrogens with zero attached hydrogens (tertiary/aromatic N) is 1. The summed E-state index contributed by atoms with van der Waals surface area (Å²) < 4.78 is 6.16. The van der Waals surface area contributed by atoms with E-state index >= 15 is 0 Å². The molecule has 4 fully saturated rings. The van der Waals surface area contributed by atoms with Crippen LogP contribution in [0.5, 0.6) is 0 Å². The number of thioether (sulfide) groups is 2. The van der Waals surface area contributed by atoms with Gasteiger partial charge in [0.15, 0.2) is 0 Å². The third-order valence-electron chi connectivity index (χ3n) is 9.05. The Hall–Kier alpha value is -0.850. The zero-order chi connectivity index (χ0) is 28.2. The first kappa shape index (κ1) is 30.6. The zero-order valence-corrected chi connectivity index (χ0v) is 25.4. The smallest absolute Gasteiger partial charge is 0.237 e. The van der Waals surface area contributed by atoms with E-state index < -0.39 is 35.9 Å². The molecule has 8 nitrogen and oxygen atoms in total. The Kier molecular flexibility index (Phi) is 10.8. The molecule has 0 bridgehead atoms. The van der Waals surface area contributed by atoms with Crippen LogP contribution in [0.2, 0.25) is 0 Å². The number of piperidine rings is 1. The van der Waals surface area contributed by atoms with Crippen molar-refractivity contribution in [2.45, 2.75) is 110 Å². The van der Waals surface area contributed by atoms with Gasteiger partial charge in [0.1, 0.15) is 29.9 Å². The summed E-state index contributed by atoms with van der Waals surface area (Å²) in [6.07, 6.45) is 5.38. The summed E-state index contributed by atoms with van der Waals surface area (Å²) in [5, 5.41) is 38.6. The highest BCUT2D eigenvalue weighted by atomic mass is 32.2. The van der Waals surface area contributed by atoms with Gasteiger partial charge in [-0.25, -0.2) is 0 Å². The molecular formula is C30H47N3O5S2. The van der Waals surface area contributed by atoms with Crippen LogP contribution in [-0.4, -0.2) is 99.2 Å². The molecule has 3 saturated heterocycles. The van der Waals surface area contributed by atoms with Gasteiger partial charge in [0, 0.05) is 16.7 Å². The highest BCUT2D eigenvalue weighted by Gasteiger charge is 2.48. The van der Waals surface area contributed by atoms with E-state index in [-0.39, 0.29) is 17.2 Å². The molecule has 3 heterocycles. The largest absolute Gasteiger partial charge is 0.388 e. The minimum Gasteiger partial charge on any atom is -0.388 e.